The standard InChI is InChI=1S/C15H27NO2/c1-15(2,3)10-13(11-17)16-14(18)9-12-7-5-4-6-8-12/h7,13,17H,4-6,8-11H2,1-3H3,(H,16,18). The number of allylic oxidation sites excluding steroid dienone is 1. The quantitative estimate of drug-likeness (QED) is 0.740. The summed E-state index contributed by atoms with van der Waals surface area (Å²) in [5, 5.41) is 12.3. The first-order valence-electron chi connectivity index (χ1n) is 6.99. The van der Waals surface area contributed by atoms with E-state index in [2.05, 4.69) is 32.2 Å². The molecule has 18 heavy (non-hydrogen) atoms. The van der Waals surface area contributed by atoms with Crippen molar-refractivity contribution in [2.24, 2.45) is 5.41 Å². The molecule has 1 unspecified atom stereocenters. The zero-order chi connectivity index (χ0) is 13.6. The predicted molar refractivity (Wildman–Crippen MR) is 74.3 cm³/mol. The molecule has 0 aliphatic heterocycles. The third-order valence-electron chi connectivity index (χ3n) is 3.22. The molecule has 3 nitrogen and oxygen atoms in total. The van der Waals surface area contributed by atoms with Crippen molar-refractivity contribution in [3.05, 3.63) is 11.6 Å². The van der Waals surface area contributed by atoms with Crippen molar-refractivity contribution >= 4 is 5.91 Å². The summed E-state index contributed by atoms with van der Waals surface area (Å²) in [4.78, 5) is 11.9. The fraction of sp³-hybridized carbons (Fsp3) is 0.800. The number of aliphatic hydroxyl groups is 1. The fourth-order valence-electron chi connectivity index (χ4n) is 2.45. The Morgan fingerprint density at radius 2 is 2.17 bits per heavy atom. The van der Waals surface area contributed by atoms with Gasteiger partial charge in [0.2, 0.25) is 5.91 Å². The number of nitrogens with one attached hydrogen (secondary N) is 1. The van der Waals surface area contributed by atoms with Crippen LogP contribution in [0.25, 0.3) is 0 Å². The summed E-state index contributed by atoms with van der Waals surface area (Å²) in [6.45, 7) is 6.37. The van der Waals surface area contributed by atoms with Gasteiger partial charge < -0.3 is 10.4 Å². The molecule has 3 heteroatoms. The second kappa shape index (κ2) is 6.93. The summed E-state index contributed by atoms with van der Waals surface area (Å²) < 4.78 is 0. The van der Waals surface area contributed by atoms with Gasteiger partial charge in [-0.05, 0) is 37.5 Å². The Hall–Kier alpha value is -0.830. The van der Waals surface area contributed by atoms with Gasteiger partial charge in [0.15, 0.2) is 0 Å². The first-order valence-corrected chi connectivity index (χ1v) is 6.99. The summed E-state index contributed by atoms with van der Waals surface area (Å²) in [6.07, 6.45) is 8.10. The summed E-state index contributed by atoms with van der Waals surface area (Å²) in [7, 11) is 0. The van der Waals surface area contributed by atoms with Crippen LogP contribution in [0.3, 0.4) is 0 Å². The number of aliphatic hydroxyl groups excluding tert-OH is 1. The zero-order valence-corrected chi connectivity index (χ0v) is 12.0. The Labute approximate surface area is 111 Å². The van der Waals surface area contributed by atoms with Gasteiger partial charge in [0.25, 0.3) is 0 Å². The summed E-state index contributed by atoms with van der Waals surface area (Å²) in [5.74, 6) is 0.0476. The minimum Gasteiger partial charge on any atom is -0.394 e. The van der Waals surface area contributed by atoms with Crippen LogP contribution in [-0.2, 0) is 4.79 Å². The minimum absolute atomic E-state index is 0.0159. The van der Waals surface area contributed by atoms with E-state index in [1.54, 1.807) is 0 Å². The highest BCUT2D eigenvalue weighted by molar-refractivity contribution is 5.78. The largest absolute Gasteiger partial charge is 0.394 e. The third kappa shape index (κ3) is 6.20. The van der Waals surface area contributed by atoms with Gasteiger partial charge in [0, 0.05) is 6.42 Å². The zero-order valence-electron chi connectivity index (χ0n) is 12.0. The highest BCUT2D eigenvalue weighted by Crippen LogP contribution is 2.22. The minimum atomic E-state index is -0.123. The molecule has 104 valence electrons. The van der Waals surface area contributed by atoms with E-state index in [9.17, 15) is 9.90 Å². The van der Waals surface area contributed by atoms with E-state index in [0.29, 0.717) is 6.42 Å². The Kier molecular flexibility index (Phi) is 5.86. The van der Waals surface area contributed by atoms with Crippen molar-refractivity contribution in [1.29, 1.82) is 0 Å². The number of amides is 1. The van der Waals surface area contributed by atoms with E-state index in [1.165, 1.54) is 18.4 Å². The molecule has 0 aromatic carbocycles. The summed E-state index contributed by atoms with van der Waals surface area (Å²) in [6, 6.07) is -0.123. The Bertz CT molecular complexity index is 302. The predicted octanol–water partition coefficient (Wildman–Crippen LogP) is 2.79. The Morgan fingerprint density at radius 1 is 1.44 bits per heavy atom. The molecule has 0 spiro atoms. The molecular formula is C15H27NO2. The van der Waals surface area contributed by atoms with Crippen LogP contribution in [0.5, 0.6) is 0 Å². The third-order valence-corrected chi connectivity index (χ3v) is 3.22. The maximum absolute atomic E-state index is 11.9. The van der Waals surface area contributed by atoms with Crippen molar-refractivity contribution in [2.45, 2.75) is 65.3 Å². The lowest BCUT2D eigenvalue weighted by molar-refractivity contribution is -0.121. The van der Waals surface area contributed by atoms with E-state index < -0.39 is 0 Å². The molecule has 0 radical (unpaired) electrons. The van der Waals surface area contributed by atoms with Crippen LogP contribution in [0.1, 0.15) is 59.3 Å². The molecule has 1 rings (SSSR count). The lowest BCUT2D eigenvalue weighted by Gasteiger charge is -2.25. The van der Waals surface area contributed by atoms with Crippen LogP contribution in [0, 0.1) is 5.41 Å². The van der Waals surface area contributed by atoms with Gasteiger partial charge in [-0.15, -0.1) is 0 Å². The first kappa shape index (κ1) is 15.2. The first-order chi connectivity index (χ1) is 8.40. The average molecular weight is 253 g/mol. The lowest BCUT2D eigenvalue weighted by atomic mass is 9.88. The summed E-state index contributed by atoms with van der Waals surface area (Å²) in [5.41, 5.74) is 1.37. The van der Waals surface area contributed by atoms with Gasteiger partial charge in [0.1, 0.15) is 0 Å². The molecule has 0 aromatic rings. The molecule has 1 amide bonds. The highest BCUT2D eigenvalue weighted by atomic mass is 16.3. The average Bonchev–Trinajstić information content (AvgIpc) is 2.27. The fourth-order valence-corrected chi connectivity index (χ4v) is 2.45. The topological polar surface area (TPSA) is 49.3 Å². The second-order valence-corrected chi connectivity index (χ2v) is 6.50. The van der Waals surface area contributed by atoms with Gasteiger partial charge in [-0.1, -0.05) is 32.4 Å². The van der Waals surface area contributed by atoms with Gasteiger partial charge in [-0.25, -0.2) is 0 Å². The molecule has 1 aliphatic carbocycles. The van der Waals surface area contributed by atoms with Gasteiger partial charge in [-0.3, -0.25) is 4.79 Å². The number of carbonyl (C=O) groups is 1. The number of hydrogen-bond donors (Lipinski definition) is 2. The van der Waals surface area contributed by atoms with Crippen LogP contribution >= 0.6 is 0 Å². The molecule has 1 aliphatic rings. The molecule has 0 saturated carbocycles. The van der Waals surface area contributed by atoms with Crippen molar-refractivity contribution in [2.75, 3.05) is 6.61 Å². The maximum Gasteiger partial charge on any atom is 0.224 e. The van der Waals surface area contributed by atoms with Crippen LogP contribution in [0.2, 0.25) is 0 Å². The van der Waals surface area contributed by atoms with E-state index >= 15 is 0 Å². The number of hydrogen-bond acceptors (Lipinski definition) is 2. The maximum atomic E-state index is 11.9. The van der Waals surface area contributed by atoms with Crippen LogP contribution < -0.4 is 5.32 Å². The van der Waals surface area contributed by atoms with E-state index in [0.717, 1.165) is 19.3 Å². The Balaban J connectivity index is 2.39. The molecule has 0 fully saturated rings. The van der Waals surface area contributed by atoms with E-state index in [4.69, 9.17) is 0 Å². The van der Waals surface area contributed by atoms with Crippen LogP contribution in [0.4, 0.5) is 0 Å². The normalized spacial score (nSPS) is 18.1. The molecule has 0 heterocycles. The molecular weight excluding hydrogens is 226 g/mol. The highest BCUT2D eigenvalue weighted by Gasteiger charge is 2.20. The lowest BCUT2D eigenvalue weighted by Crippen LogP contribution is -2.40. The SMILES string of the molecule is CC(C)(C)CC(CO)NC(=O)CC1=CCCCC1. The summed E-state index contributed by atoms with van der Waals surface area (Å²) >= 11 is 0. The molecule has 1 atom stereocenters. The monoisotopic (exact) mass is 253 g/mol. The molecule has 0 aromatic heterocycles. The number of carbonyl (C=O) groups excluding carboxylic acids is 1. The second-order valence-electron chi connectivity index (χ2n) is 6.50. The van der Waals surface area contributed by atoms with Crippen LogP contribution in [-0.4, -0.2) is 23.7 Å². The van der Waals surface area contributed by atoms with Crippen molar-refractivity contribution in [3.63, 3.8) is 0 Å². The molecule has 2 N–H and O–H groups in total. The van der Waals surface area contributed by atoms with Crippen molar-refractivity contribution in [3.8, 4) is 0 Å². The van der Waals surface area contributed by atoms with Crippen LogP contribution in [0.15, 0.2) is 11.6 Å². The van der Waals surface area contributed by atoms with Gasteiger partial charge in [0.05, 0.1) is 12.6 Å². The van der Waals surface area contributed by atoms with E-state index in [1.807, 2.05) is 0 Å². The molecule has 0 saturated heterocycles. The smallest absolute Gasteiger partial charge is 0.224 e. The number of rotatable bonds is 5. The van der Waals surface area contributed by atoms with Crippen molar-refractivity contribution in [1.82, 2.24) is 5.32 Å². The van der Waals surface area contributed by atoms with Gasteiger partial charge in [-0.2, -0.15) is 0 Å². The van der Waals surface area contributed by atoms with Gasteiger partial charge >= 0.3 is 0 Å². The molecule has 0 bridgehead atoms. The Morgan fingerprint density at radius 3 is 2.67 bits per heavy atom. The van der Waals surface area contributed by atoms with E-state index in [-0.39, 0.29) is 24.0 Å². The van der Waals surface area contributed by atoms with Crippen molar-refractivity contribution < 1.29 is 9.90 Å².